The molecule has 0 aromatic heterocycles. The molecule has 1 aliphatic carbocycles. The number of nitro groups is 1. The Morgan fingerprint density at radius 1 is 1.46 bits per heavy atom. The third-order valence-electron chi connectivity index (χ3n) is 3.32. The number of rotatable bonds is 3. The first-order chi connectivity index (χ1) is 5.99. The lowest BCUT2D eigenvalue weighted by Crippen LogP contribution is -2.48. The molecule has 1 rings (SSSR count). The van der Waals surface area contributed by atoms with Gasteiger partial charge in [-0.1, -0.05) is 0 Å². The van der Waals surface area contributed by atoms with Crippen LogP contribution in [-0.4, -0.2) is 23.6 Å². The van der Waals surface area contributed by atoms with Gasteiger partial charge in [0.05, 0.1) is 0 Å². The van der Waals surface area contributed by atoms with Crippen molar-refractivity contribution >= 4 is 0 Å². The van der Waals surface area contributed by atoms with Gasteiger partial charge in [0.2, 0.25) is 6.04 Å². The Labute approximate surface area is 78.9 Å². The fourth-order valence-corrected chi connectivity index (χ4v) is 2.22. The molecule has 1 saturated carbocycles. The first kappa shape index (κ1) is 10.4. The summed E-state index contributed by atoms with van der Waals surface area (Å²) in [5.41, 5.74) is -0.117. The predicted octanol–water partition coefficient (Wildman–Crippen LogP) is 1.43. The largest absolute Gasteiger partial charge is 0.314 e. The van der Waals surface area contributed by atoms with Crippen molar-refractivity contribution in [2.24, 2.45) is 5.92 Å². The van der Waals surface area contributed by atoms with Crippen LogP contribution in [-0.2, 0) is 0 Å². The van der Waals surface area contributed by atoms with Crippen LogP contribution in [0.15, 0.2) is 0 Å². The molecule has 0 saturated heterocycles. The van der Waals surface area contributed by atoms with Crippen molar-refractivity contribution in [2.45, 2.75) is 44.7 Å². The van der Waals surface area contributed by atoms with Gasteiger partial charge in [-0.05, 0) is 33.7 Å². The van der Waals surface area contributed by atoms with Gasteiger partial charge in [0.1, 0.15) is 0 Å². The minimum atomic E-state index is -0.345. The molecule has 0 radical (unpaired) electrons. The lowest BCUT2D eigenvalue weighted by Gasteiger charge is -2.31. The van der Waals surface area contributed by atoms with Crippen LogP contribution in [0.4, 0.5) is 0 Å². The standard InChI is InChI=1S/C9H18N2O2/c1-9(2,10-3)7-5-4-6-8(7)11(12)13/h7-8,10H,4-6H2,1-3H3. The van der Waals surface area contributed by atoms with Gasteiger partial charge in [-0.25, -0.2) is 0 Å². The molecule has 13 heavy (non-hydrogen) atoms. The Morgan fingerprint density at radius 3 is 2.54 bits per heavy atom. The third-order valence-corrected chi connectivity index (χ3v) is 3.32. The van der Waals surface area contributed by atoms with E-state index in [-0.39, 0.29) is 22.4 Å². The van der Waals surface area contributed by atoms with E-state index in [2.05, 4.69) is 5.32 Å². The van der Waals surface area contributed by atoms with Gasteiger partial charge in [0, 0.05) is 22.8 Å². The van der Waals surface area contributed by atoms with Crippen molar-refractivity contribution in [3.05, 3.63) is 10.1 Å². The molecule has 2 unspecified atom stereocenters. The van der Waals surface area contributed by atoms with Crippen LogP contribution in [0.1, 0.15) is 33.1 Å². The Morgan fingerprint density at radius 2 is 2.08 bits per heavy atom. The van der Waals surface area contributed by atoms with E-state index in [1.54, 1.807) is 0 Å². The van der Waals surface area contributed by atoms with Crippen LogP contribution >= 0.6 is 0 Å². The van der Waals surface area contributed by atoms with E-state index >= 15 is 0 Å². The molecular formula is C9H18N2O2. The fraction of sp³-hybridized carbons (Fsp3) is 1.00. The summed E-state index contributed by atoms with van der Waals surface area (Å²) in [5, 5.41) is 13.9. The molecule has 76 valence electrons. The van der Waals surface area contributed by atoms with Gasteiger partial charge >= 0.3 is 0 Å². The summed E-state index contributed by atoms with van der Waals surface area (Å²) >= 11 is 0. The maximum absolute atomic E-state index is 10.8. The predicted molar refractivity (Wildman–Crippen MR) is 51.3 cm³/mol. The van der Waals surface area contributed by atoms with Crippen molar-refractivity contribution in [1.29, 1.82) is 0 Å². The highest BCUT2D eigenvalue weighted by Crippen LogP contribution is 2.35. The zero-order valence-electron chi connectivity index (χ0n) is 8.54. The molecule has 0 heterocycles. The average Bonchev–Trinajstić information content (AvgIpc) is 2.52. The van der Waals surface area contributed by atoms with Gasteiger partial charge in [0.25, 0.3) is 0 Å². The van der Waals surface area contributed by atoms with Crippen molar-refractivity contribution in [3.8, 4) is 0 Å². The van der Waals surface area contributed by atoms with Crippen LogP contribution in [0.3, 0.4) is 0 Å². The van der Waals surface area contributed by atoms with Crippen LogP contribution in [0.5, 0.6) is 0 Å². The van der Waals surface area contributed by atoms with Gasteiger partial charge in [-0.2, -0.15) is 0 Å². The number of nitrogens with one attached hydrogen (secondary N) is 1. The molecule has 0 aliphatic heterocycles. The molecule has 4 nitrogen and oxygen atoms in total. The van der Waals surface area contributed by atoms with E-state index in [0.717, 1.165) is 19.3 Å². The highest BCUT2D eigenvalue weighted by molar-refractivity contribution is 4.93. The molecule has 0 aromatic carbocycles. The van der Waals surface area contributed by atoms with Crippen molar-refractivity contribution < 1.29 is 4.92 Å². The average molecular weight is 186 g/mol. The lowest BCUT2D eigenvalue weighted by atomic mass is 9.84. The van der Waals surface area contributed by atoms with Crippen LogP contribution in [0.25, 0.3) is 0 Å². The number of hydrogen-bond acceptors (Lipinski definition) is 3. The van der Waals surface area contributed by atoms with Gasteiger partial charge in [0.15, 0.2) is 0 Å². The smallest absolute Gasteiger partial charge is 0.217 e. The number of hydrogen-bond donors (Lipinski definition) is 1. The van der Waals surface area contributed by atoms with E-state index in [9.17, 15) is 10.1 Å². The second-order valence-corrected chi connectivity index (χ2v) is 4.36. The first-order valence-electron chi connectivity index (χ1n) is 4.81. The van der Waals surface area contributed by atoms with Gasteiger partial charge in [-0.15, -0.1) is 0 Å². The fourth-order valence-electron chi connectivity index (χ4n) is 2.22. The maximum Gasteiger partial charge on any atom is 0.217 e. The van der Waals surface area contributed by atoms with Gasteiger partial charge < -0.3 is 5.32 Å². The summed E-state index contributed by atoms with van der Waals surface area (Å²) in [4.78, 5) is 10.6. The Bertz CT molecular complexity index is 204. The first-order valence-corrected chi connectivity index (χ1v) is 4.81. The summed E-state index contributed by atoms with van der Waals surface area (Å²) in [7, 11) is 1.87. The van der Waals surface area contributed by atoms with E-state index in [0.29, 0.717) is 0 Å². The van der Waals surface area contributed by atoms with E-state index in [1.165, 1.54) is 0 Å². The van der Waals surface area contributed by atoms with Crippen molar-refractivity contribution in [2.75, 3.05) is 7.05 Å². The molecule has 2 atom stereocenters. The van der Waals surface area contributed by atoms with Crippen LogP contribution < -0.4 is 5.32 Å². The monoisotopic (exact) mass is 186 g/mol. The minimum absolute atomic E-state index is 0.114. The molecule has 0 bridgehead atoms. The summed E-state index contributed by atoms with van der Waals surface area (Å²) in [6.07, 6.45) is 2.70. The third kappa shape index (κ3) is 1.99. The summed E-state index contributed by atoms with van der Waals surface area (Å²) in [6, 6.07) is -0.345. The molecule has 0 spiro atoms. The van der Waals surface area contributed by atoms with Crippen LogP contribution in [0.2, 0.25) is 0 Å². The Hall–Kier alpha value is -0.640. The lowest BCUT2D eigenvalue weighted by molar-refractivity contribution is -0.530. The molecule has 1 aliphatic rings. The minimum Gasteiger partial charge on any atom is -0.314 e. The Kier molecular flexibility index (Phi) is 2.91. The molecule has 0 amide bonds. The molecular weight excluding hydrogens is 168 g/mol. The molecule has 1 N–H and O–H groups in total. The molecule has 1 fully saturated rings. The van der Waals surface area contributed by atoms with Crippen molar-refractivity contribution in [3.63, 3.8) is 0 Å². The quantitative estimate of drug-likeness (QED) is 0.536. The zero-order chi connectivity index (χ0) is 10.1. The van der Waals surface area contributed by atoms with E-state index in [1.807, 2.05) is 20.9 Å². The summed E-state index contributed by atoms with van der Waals surface area (Å²) in [6.45, 7) is 4.08. The highest BCUT2D eigenvalue weighted by atomic mass is 16.6. The highest BCUT2D eigenvalue weighted by Gasteiger charge is 2.44. The molecule has 0 aromatic rings. The molecule has 4 heteroatoms. The van der Waals surface area contributed by atoms with Crippen LogP contribution in [0, 0.1) is 16.0 Å². The Balaban J connectivity index is 2.73. The zero-order valence-corrected chi connectivity index (χ0v) is 8.54. The number of nitrogens with zero attached hydrogens (tertiary/aromatic N) is 1. The summed E-state index contributed by atoms with van der Waals surface area (Å²) < 4.78 is 0. The second kappa shape index (κ2) is 3.62. The van der Waals surface area contributed by atoms with Gasteiger partial charge in [-0.3, -0.25) is 10.1 Å². The van der Waals surface area contributed by atoms with E-state index in [4.69, 9.17) is 0 Å². The summed E-state index contributed by atoms with van der Waals surface area (Å²) in [5.74, 6) is 0.174. The van der Waals surface area contributed by atoms with Crippen molar-refractivity contribution in [1.82, 2.24) is 5.32 Å². The SMILES string of the molecule is CNC(C)(C)C1CCCC1[N+](=O)[O-]. The topological polar surface area (TPSA) is 55.2 Å². The normalized spacial score (nSPS) is 29.2. The second-order valence-electron chi connectivity index (χ2n) is 4.36. The van der Waals surface area contributed by atoms with E-state index < -0.39 is 0 Å². The maximum atomic E-state index is 10.8.